The van der Waals surface area contributed by atoms with Gasteiger partial charge in [-0.15, -0.1) is 0 Å². The molecule has 0 spiro atoms. The number of benzene rings is 1. The summed E-state index contributed by atoms with van der Waals surface area (Å²) in [5.41, 5.74) is 0.420. The molecule has 0 atom stereocenters. The molecule has 0 aliphatic rings. The molecule has 5 heteroatoms. The average molecular weight is 278 g/mol. The van der Waals surface area contributed by atoms with Crippen LogP contribution < -0.4 is 5.32 Å². The van der Waals surface area contributed by atoms with Gasteiger partial charge >= 0.3 is 0 Å². The molecule has 0 bridgehead atoms. The molecule has 84 valence electrons. The van der Waals surface area contributed by atoms with Crippen molar-refractivity contribution in [1.29, 1.82) is 0 Å². The van der Waals surface area contributed by atoms with Crippen LogP contribution in [0.25, 0.3) is 0 Å². The van der Waals surface area contributed by atoms with Crippen molar-refractivity contribution in [3.8, 4) is 0 Å². The molecule has 3 nitrogen and oxygen atoms in total. The van der Waals surface area contributed by atoms with Crippen molar-refractivity contribution in [2.75, 3.05) is 26.1 Å². The zero-order chi connectivity index (χ0) is 11.3. The number of rotatable bonds is 5. The maximum absolute atomic E-state index is 13.3. The Morgan fingerprint density at radius 3 is 2.67 bits per heavy atom. The van der Waals surface area contributed by atoms with Crippen LogP contribution in [0.5, 0.6) is 0 Å². The molecule has 0 aromatic heterocycles. The Labute approximate surface area is 96.7 Å². The summed E-state index contributed by atoms with van der Waals surface area (Å²) in [6, 6.07) is 4.70. The van der Waals surface area contributed by atoms with Gasteiger partial charge < -0.3 is 14.8 Å². The van der Waals surface area contributed by atoms with Crippen LogP contribution in [0.2, 0.25) is 0 Å². The molecule has 1 rings (SSSR count). The van der Waals surface area contributed by atoms with E-state index in [0.29, 0.717) is 12.2 Å². The lowest BCUT2D eigenvalue weighted by atomic mass is 10.3. The smallest absolute Gasteiger partial charge is 0.173 e. The van der Waals surface area contributed by atoms with Gasteiger partial charge in [0.2, 0.25) is 0 Å². The van der Waals surface area contributed by atoms with Crippen LogP contribution in [-0.4, -0.2) is 27.1 Å². The maximum atomic E-state index is 13.3. The van der Waals surface area contributed by atoms with Gasteiger partial charge in [0.25, 0.3) is 0 Å². The molecule has 15 heavy (non-hydrogen) atoms. The van der Waals surface area contributed by atoms with E-state index in [1.54, 1.807) is 12.1 Å². The van der Waals surface area contributed by atoms with Crippen molar-refractivity contribution >= 4 is 21.6 Å². The lowest BCUT2D eigenvalue weighted by Gasteiger charge is -2.15. The van der Waals surface area contributed by atoms with Crippen molar-refractivity contribution in [2.24, 2.45) is 0 Å². The summed E-state index contributed by atoms with van der Waals surface area (Å²) in [5.74, 6) is -0.302. The first-order valence-electron chi connectivity index (χ1n) is 4.42. The van der Waals surface area contributed by atoms with E-state index in [1.807, 2.05) is 0 Å². The summed E-state index contributed by atoms with van der Waals surface area (Å²) in [4.78, 5) is 0. The first-order chi connectivity index (χ1) is 7.17. The van der Waals surface area contributed by atoms with Crippen LogP contribution in [0.4, 0.5) is 10.1 Å². The lowest BCUT2D eigenvalue weighted by Crippen LogP contribution is -2.23. The van der Waals surface area contributed by atoms with Crippen molar-refractivity contribution in [3.05, 3.63) is 28.5 Å². The Balaban J connectivity index is 2.60. The van der Waals surface area contributed by atoms with Crippen LogP contribution in [0.1, 0.15) is 0 Å². The van der Waals surface area contributed by atoms with Crippen LogP contribution in [0, 0.1) is 5.82 Å². The SMILES string of the molecule is COC(CNc1cc(Br)ccc1F)OC. The fourth-order valence-electron chi connectivity index (χ4n) is 1.09. The predicted octanol–water partition coefficient (Wildman–Crippen LogP) is 2.62. The standard InChI is InChI=1S/C10H13BrFNO2/c1-14-10(15-2)6-13-9-5-7(11)3-4-8(9)12/h3-5,10,13H,6H2,1-2H3. The molecule has 0 aliphatic carbocycles. The Morgan fingerprint density at radius 2 is 2.07 bits per heavy atom. The molecule has 0 saturated heterocycles. The van der Waals surface area contributed by atoms with E-state index in [1.165, 1.54) is 20.3 Å². The molecule has 0 fully saturated rings. The van der Waals surface area contributed by atoms with Crippen LogP contribution in [0.3, 0.4) is 0 Å². The molecule has 0 unspecified atom stereocenters. The van der Waals surface area contributed by atoms with Gasteiger partial charge in [0.05, 0.1) is 12.2 Å². The van der Waals surface area contributed by atoms with E-state index in [4.69, 9.17) is 9.47 Å². The summed E-state index contributed by atoms with van der Waals surface area (Å²) in [6.07, 6.45) is -0.386. The van der Waals surface area contributed by atoms with E-state index in [2.05, 4.69) is 21.2 Å². The molecule has 0 aliphatic heterocycles. The average Bonchev–Trinajstić information content (AvgIpc) is 2.24. The highest BCUT2D eigenvalue weighted by atomic mass is 79.9. The maximum Gasteiger partial charge on any atom is 0.173 e. The highest BCUT2D eigenvalue weighted by Crippen LogP contribution is 2.19. The topological polar surface area (TPSA) is 30.5 Å². The van der Waals surface area contributed by atoms with Gasteiger partial charge in [-0.1, -0.05) is 15.9 Å². The minimum Gasteiger partial charge on any atom is -0.378 e. The molecule has 0 radical (unpaired) electrons. The molecule has 0 heterocycles. The first kappa shape index (κ1) is 12.4. The highest BCUT2D eigenvalue weighted by molar-refractivity contribution is 9.10. The number of nitrogens with one attached hydrogen (secondary N) is 1. The van der Waals surface area contributed by atoms with Crippen LogP contribution in [-0.2, 0) is 9.47 Å². The van der Waals surface area contributed by atoms with E-state index in [9.17, 15) is 4.39 Å². The third-order valence-electron chi connectivity index (χ3n) is 1.91. The fraction of sp³-hybridized carbons (Fsp3) is 0.400. The third-order valence-corrected chi connectivity index (χ3v) is 2.41. The van der Waals surface area contributed by atoms with E-state index >= 15 is 0 Å². The molecule has 1 aromatic rings. The molecular formula is C10H13BrFNO2. The van der Waals surface area contributed by atoms with E-state index in [0.717, 1.165) is 4.47 Å². The molecule has 1 aromatic carbocycles. The Morgan fingerprint density at radius 1 is 1.40 bits per heavy atom. The fourth-order valence-corrected chi connectivity index (χ4v) is 1.45. The predicted molar refractivity (Wildman–Crippen MR) is 60.4 cm³/mol. The quantitative estimate of drug-likeness (QED) is 0.840. The van der Waals surface area contributed by atoms with E-state index < -0.39 is 0 Å². The van der Waals surface area contributed by atoms with Gasteiger partial charge in [-0.3, -0.25) is 0 Å². The number of methoxy groups -OCH3 is 2. The van der Waals surface area contributed by atoms with Gasteiger partial charge in [0.1, 0.15) is 5.82 Å². The minimum atomic E-state index is -0.386. The number of ether oxygens (including phenoxy) is 2. The van der Waals surface area contributed by atoms with Crippen molar-refractivity contribution in [1.82, 2.24) is 0 Å². The molecular weight excluding hydrogens is 265 g/mol. The molecule has 0 saturated carbocycles. The molecule has 0 amide bonds. The summed E-state index contributed by atoms with van der Waals surface area (Å²) >= 11 is 3.27. The first-order valence-corrected chi connectivity index (χ1v) is 5.21. The highest BCUT2D eigenvalue weighted by Gasteiger charge is 2.07. The van der Waals surface area contributed by atoms with Crippen LogP contribution in [0.15, 0.2) is 22.7 Å². The number of halogens is 2. The van der Waals surface area contributed by atoms with Crippen molar-refractivity contribution in [2.45, 2.75) is 6.29 Å². The van der Waals surface area contributed by atoms with Crippen LogP contribution >= 0.6 is 15.9 Å². The number of hydrogen-bond acceptors (Lipinski definition) is 3. The van der Waals surface area contributed by atoms with Gasteiger partial charge in [0, 0.05) is 18.7 Å². The normalized spacial score (nSPS) is 10.7. The summed E-state index contributed by atoms with van der Waals surface area (Å²) < 4.78 is 24.0. The van der Waals surface area contributed by atoms with Crippen molar-refractivity contribution in [3.63, 3.8) is 0 Å². The molecule has 1 N–H and O–H groups in total. The monoisotopic (exact) mass is 277 g/mol. The second-order valence-corrected chi connectivity index (χ2v) is 3.82. The second kappa shape index (κ2) is 6.05. The zero-order valence-electron chi connectivity index (χ0n) is 8.59. The largest absolute Gasteiger partial charge is 0.378 e. The van der Waals surface area contributed by atoms with E-state index in [-0.39, 0.29) is 12.1 Å². The van der Waals surface area contributed by atoms with Gasteiger partial charge in [-0.2, -0.15) is 0 Å². The summed E-state index contributed by atoms with van der Waals surface area (Å²) in [6.45, 7) is 0.389. The summed E-state index contributed by atoms with van der Waals surface area (Å²) in [7, 11) is 3.07. The Bertz CT molecular complexity index is 318. The number of hydrogen-bond donors (Lipinski definition) is 1. The summed E-state index contributed by atoms with van der Waals surface area (Å²) in [5, 5.41) is 2.90. The number of anilines is 1. The van der Waals surface area contributed by atoms with Gasteiger partial charge in [-0.25, -0.2) is 4.39 Å². The Hall–Kier alpha value is -0.650. The van der Waals surface area contributed by atoms with Gasteiger partial charge in [-0.05, 0) is 18.2 Å². The Kier molecular flexibility index (Phi) is 5.01. The lowest BCUT2D eigenvalue weighted by molar-refractivity contribution is -0.0914. The van der Waals surface area contributed by atoms with Gasteiger partial charge in [0.15, 0.2) is 6.29 Å². The minimum absolute atomic E-state index is 0.302. The zero-order valence-corrected chi connectivity index (χ0v) is 10.2. The second-order valence-electron chi connectivity index (χ2n) is 2.91. The third kappa shape index (κ3) is 3.77. The van der Waals surface area contributed by atoms with Crippen molar-refractivity contribution < 1.29 is 13.9 Å².